The first-order valence-corrected chi connectivity index (χ1v) is 9.53. The van der Waals surface area contributed by atoms with Crippen molar-refractivity contribution in [2.45, 2.75) is 25.3 Å². The quantitative estimate of drug-likeness (QED) is 0.677. The van der Waals surface area contributed by atoms with E-state index in [1.165, 1.54) is 0 Å². The normalized spacial score (nSPS) is 19.9. The number of aromatic nitrogens is 5. The zero-order chi connectivity index (χ0) is 19.3. The van der Waals surface area contributed by atoms with Crippen LogP contribution < -0.4 is 15.4 Å². The van der Waals surface area contributed by atoms with Crippen LogP contribution in [0.15, 0.2) is 35.5 Å². The first-order valence-electron chi connectivity index (χ1n) is 9.53. The second-order valence-corrected chi connectivity index (χ2v) is 7.37. The van der Waals surface area contributed by atoms with E-state index < -0.39 is 0 Å². The highest BCUT2D eigenvalue weighted by Crippen LogP contribution is 2.28. The van der Waals surface area contributed by atoms with Gasteiger partial charge in [0.05, 0.1) is 23.3 Å². The van der Waals surface area contributed by atoms with Crippen molar-refractivity contribution in [3.8, 4) is 0 Å². The van der Waals surface area contributed by atoms with Gasteiger partial charge in [0.25, 0.3) is 5.56 Å². The standard InChI is InChI=1S/C19H21N7O2/c1-23-18(28)15-4-2-7-20-17(15)22-19(23)24-9-6-13(11-24)26-12-14(10-21-26)25-8-3-5-16(25)27/h2,4,7,10,12-13H,3,5-6,8-9,11H2,1H3. The van der Waals surface area contributed by atoms with Crippen LogP contribution in [0, 0.1) is 0 Å². The summed E-state index contributed by atoms with van der Waals surface area (Å²) in [6.07, 6.45) is 7.77. The lowest BCUT2D eigenvalue weighted by Crippen LogP contribution is -2.30. The molecule has 0 aliphatic carbocycles. The predicted molar refractivity (Wildman–Crippen MR) is 104 cm³/mol. The maximum atomic E-state index is 12.6. The topological polar surface area (TPSA) is 89.2 Å². The minimum atomic E-state index is -0.0922. The lowest BCUT2D eigenvalue weighted by atomic mass is 10.3. The highest BCUT2D eigenvalue weighted by molar-refractivity contribution is 5.95. The van der Waals surface area contributed by atoms with Crippen molar-refractivity contribution in [3.63, 3.8) is 0 Å². The number of carbonyl (C=O) groups excluding carboxylic acids is 1. The maximum absolute atomic E-state index is 12.6. The van der Waals surface area contributed by atoms with Gasteiger partial charge in [0.1, 0.15) is 0 Å². The van der Waals surface area contributed by atoms with Crippen LogP contribution in [0.3, 0.4) is 0 Å². The van der Waals surface area contributed by atoms with Crippen molar-refractivity contribution in [1.82, 2.24) is 24.3 Å². The summed E-state index contributed by atoms with van der Waals surface area (Å²) in [5.74, 6) is 0.788. The third-order valence-corrected chi connectivity index (χ3v) is 5.62. The Hall–Kier alpha value is -3.23. The van der Waals surface area contributed by atoms with Crippen LogP contribution in [0.25, 0.3) is 11.0 Å². The SMILES string of the molecule is Cn1c(N2CCC(n3cc(N4CCCC4=O)cn3)C2)nc2ncccc2c1=O. The van der Waals surface area contributed by atoms with Gasteiger partial charge in [-0.1, -0.05) is 0 Å². The van der Waals surface area contributed by atoms with Gasteiger partial charge in [-0.05, 0) is 25.0 Å². The number of nitrogens with zero attached hydrogens (tertiary/aromatic N) is 7. The van der Waals surface area contributed by atoms with E-state index in [9.17, 15) is 9.59 Å². The molecule has 2 saturated heterocycles. The van der Waals surface area contributed by atoms with Gasteiger partial charge in [-0.25, -0.2) is 4.98 Å². The molecule has 1 unspecified atom stereocenters. The molecule has 5 heterocycles. The van der Waals surface area contributed by atoms with Crippen LogP contribution in [-0.4, -0.2) is 49.9 Å². The van der Waals surface area contributed by atoms with Crippen molar-refractivity contribution in [2.24, 2.45) is 7.05 Å². The number of pyridine rings is 1. The van der Waals surface area contributed by atoms with Gasteiger partial charge in [0, 0.05) is 45.5 Å². The van der Waals surface area contributed by atoms with E-state index in [2.05, 4.69) is 20.0 Å². The third kappa shape index (κ3) is 2.65. The molecule has 144 valence electrons. The fraction of sp³-hybridized carbons (Fsp3) is 0.421. The Kier molecular flexibility index (Phi) is 3.88. The predicted octanol–water partition coefficient (Wildman–Crippen LogP) is 1.10. The summed E-state index contributed by atoms with van der Waals surface area (Å²) in [5.41, 5.74) is 1.24. The van der Waals surface area contributed by atoms with Gasteiger partial charge in [-0.3, -0.25) is 18.8 Å². The van der Waals surface area contributed by atoms with Gasteiger partial charge >= 0.3 is 0 Å². The van der Waals surface area contributed by atoms with E-state index >= 15 is 0 Å². The molecule has 2 aliphatic heterocycles. The van der Waals surface area contributed by atoms with Gasteiger partial charge in [-0.2, -0.15) is 10.1 Å². The zero-order valence-electron chi connectivity index (χ0n) is 15.7. The van der Waals surface area contributed by atoms with Crippen molar-refractivity contribution in [1.29, 1.82) is 0 Å². The third-order valence-electron chi connectivity index (χ3n) is 5.62. The van der Waals surface area contributed by atoms with Gasteiger partial charge < -0.3 is 9.80 Å². The van der Waals surface area contributed by atoms with E-state index in [-0.39, 0.29) is 17.5 Å². The van der Waals surface area contributed by atoms with E-state index in [1.807, 2.05) is 10.9 Å². The molecule has 0 radical (unpaired) electrons. The fourth-order valence-electron chi connectivity index (χ4n) is 4.10. The summed E-state index contributed by atoms with van der Waals surface area (Å²) in [6, 6.07) is 3.67. The Morgan fingerprint density at radius 1 is 1.21 bits per heavy atom. The Bertz CT molecular complexity index is 1120. The van der Waals surface area contributed by atoms with E-state index in [0.29, 0.717) is 29.9 Å². The van der Waals surface area contributed by atoms with Crippen LogP contribution in [0.1, 0.15) is 25.3 Å². The summed E-state index contributed by atoms with van der Waals surface area (Å²) in [7, 11) is 1.75. The molecular formula is C19H21N7O2. The molecule has 9 heteroatoms. The summed E-state index contributed by atoms with van der Waals surface area (Å²) in [6.45, 7) is 2.24. The number of amides is 1. The molecule has 9 nitrogen and oxygen atoms in total. The molecule has 0 spiro atoms. The largest absolute Gasteiger partial charge is 0.340 e. The molecule has 0 saturated carbocycles. The van der Waals surface area contributed by atoms with Crippen molar-refractivity contribution < 1.29 is 4.79 Å². The first kappa shape index (κ1) is 16.9. The molecule has 28 heavy (non-hydrogen) atoms. The summed E-state index contributed by atoms with van der Waals surface area (Å²) >= 11 is 0. The molecule has 0 N–H and O–H groups in total. The average molecular weight is 379 g/mol. The minimum Gasteiger partial charge on any atom is -0.340 e. The van der Waals surface area contributed by atoms with Gasteiger partial charge in [0.15, 0.2) is 5.65 Å². The Morgan fingerprint density at radius 2 is 2.11 bits per heavy atom. The molecule has 3 aromatic rings. The number of rotatable bonds is 3. The zero-order valence-corrected chi connectivity index (χ0v) is 15.7. The number of fused-ring (bicyclic) bond motifs is 1. The summed E-state index contributed by atoms with van der Waals surface area (Å²) in [5, 5.41) is 5.01. The average Bonchev–Trinajstić information content (AvgIpc) is 3.44. The van der Waals surface area contributed by atoms with Crippen LogP contribution in [-0.2, 0) is 11.8 Å². The highest BCUT2D eigenvalue weighted by Gasteiger charge is 2.29. The van der Waals surface area contributed by atoms with Crippen molar-refractivity contribution in [3.05, 3.63) is 41.1 Å². The molecule has 0 bridgehead atoms. The maximum Gasteiger partial charge on any atom is 0.264 e. The second kappa shape index (κ2) is 6.43. The second-order valence-electron chi connectivity index (χ2n) is 7.37. The molecule has 1 atom stereocenters. The van der Waals surface area contributed by atoms with Crippen LogP contribution in [0.2, 0.25) is 0 Å². The first-order chi connectivity index (χ1) is 13.6. The molecular weight excluding hydrogens is 358 g/mol. The minimum absolute atomic E-state index is 0.0922. The van der Waals surface area contributed by atoms with E-state index in [0.717, 1.165) is 31.6 Å². The molecule has 2 aliphatic rings. The molecule has 5 rings (SSSR count). The van der Waals surface area contributed by atoms with E-state index in [1.54, 1.807) is 41.0 Å². The summed E-state index contributed by atoms with van der Waals surface area (Å²) < 4.78 is 3.52. The number of carbonyl (C=O) groups is 1. The monoisotopic (exact) mass is 379 g/mol. The van der Waals surface area contributed by atoms with E-state index in [4.69, 9.17) is 0 Å². The van der Waals surface area contributed by atoms with Gasteiger partial charge in [-0.15, -0.1) is 0 Å². The molecule has 2 fully saturated rings. The van der Waals surface area contributed by atoms with Crippen molar-refractivity contribution >= 4 is 28.6 Å². The molecule has 0 aromatic carbocycles. The van der Waals surface area contributed by atoms with Crippen LogP contribution in [0.5, 0.6) is 0 Å². The number of hydrogen-bond donors (Lipinski definition) is 0. The fourth-order valence-corrected chi connectivity index (χ4v) is 4.10. The lowest BCUT2D eigenvalue weighted by molar-refractivity contribution is -0.117. The Morgan fingerprint density at radius 3 is 2.93 bits per heavy atom. The number of hydrogen-bond acceptors (Lipinski definition) is 6. The number of anilines is 2. The Labute approximate surface area is 161 Å². The lowest BCUT2D eigenvalue weighted by Gasteiger charge is -2.20. The Balaban J connectivity index is 1.40. The highest BCUT2D eigenvalue weighted by atomic mass is 16.2. The molecule has 1 amide bonds. The molecule has 3 aromatic heterocycles. The van der Waals surface area contributed by atoms with Gasteiger partial charge in [0.2, 0.25) is 11.9 Å². The van der Waals surface area contributed by atoms with Crippen LogP contribution >= 0.6 is 0 Å². The smallest absolute Gasteiger partial charge is 0.264 e. The summed E-state index contributed by atoms with van der Waals surface area (Å²) in [4.78, 5) is 37.4. The van der Waals surface area contributed by atoms with Crippen LogP contribution in [0.4, 0.5) is 11.6 Å². The van der Waals surface area contributed by atoms with Crippen molar-refractivity contribution in [2.75, 3.05) is 29.4 Å².